The van der Waals surface area contributed by atoms with Crippen molar-refractivity contribution in [1.82, 2.24) is 0 Å². The maximum atomic E-state index is 13.6. The number of amides is 1. The molecule has 1 amide bonds. The van der Waals surface area contributed by atoms with Gasteiger partial charge in [-0.25, -0.2) is 9.18 Å². The Bertz CT molecular complexity index is 760. The molecule has 6 heteroatoms. The van der Waals surface area contributed by atoms with Crippen LogP contribution in [0.1, 0.15) is 22.8 Å². The van der Waals surface area contributed by atoms with Crippen molar-refractivity contribution in [2.45, 2.75) is 20.0 Å². The summed E-state index contributed by atoms with van der Waals surface area (Å²) in [6.07, 6.45) is -1.02. The Balaban J connectivity index is 2.00. The number of nitrogens with one attached hydrogen (secondary N) is 1. The van der Waals surface area contributed by atoms with E-state index < -0.39 is 23.8 Å². The summed E-state index contributed by atoms with van der Waals surface area (Å²) < 4.78 is 23.5. The molecule has 0 fully saturated rings. The van der Waals surface area contributed by atoms with Crippen LogP contribution < -0.4 is 10.1 Å². The molecule has 2 aromatic carbocycles. The van der Waals surface area contributed by atoms with Gasteiger partial charge in [0.05, 0.1) is 12.7 Å². The quantitative estimate of drug-likeness (QED) is 0.854. The Labute approximate surface area is 139 Å². The van der Waals surface area contributed by atoms with Crippen molar-refractivity contribution in [3.63, 3.8) is 0 Å². The normalized spacial score (nSPS) is 11.5. The van der Waals surface area contributed by atoms with Crippen LogP contribution in [-0.2, 0) is 9.53 Å². The molecule has 0 aliphatic heterocycles. The molecule has 0 aromatic heterocycles. The number of ether oxygens (including phenoxy) is 2. The third kappa shape index (κ3) is 4.32. The highest BCUT2D eigenvalue weighted by Gasteiger charge is 2.20. The summed E-state index contributed by atoms with van der Waals surface area (Å²) in [7, 11) is 1.33. The first-order valence-corrected chi connectivity index (χ1v) is 7.32. The first kappa shape index (κ1) is 17.5. The van der Waals surface area contributed by atoms with Crippen LogP contribution in [0.5, 0.6) is 5.75 Å². The van der Waals surface area contributed by atoms with E-state index in [9.17, 15) is 14.0 Å². The number of esters is 1. The highest BCUT2D eigenvalue weighted by atomic mass is 19.1. The zero-order valence-electron chi connectivity index (χ0n) is 13.6. The number of aryl methyl sites for hydroxylation is 1. The van der Waals surface area contributed by atoms with Gasteiger partial charge in [-0.1, -0.05) is 12.1 Å². The highest BCUT2D eigenvalue weighted by Crippen LogP contribution is 2.18. The van der Waals surface area contributed by atoms with Gasteiger partial charge >= 0.3 is 5.97 Å². The molecule has 0 aliphatic rings. The molecule has 0 unspecified atom stereocenters. The van der Waals surface area contributed by atoms with Gasteiger partial charge in [-0.05, 0) is 49.7 Å². The molecular formula is C18H18FNO4. The number of anilines is 1. The van der Waals surface area contributed by atoms with E-state index >= 15 is 0 Å². The summed E-state index contributed by atoms with van der Waals surface area (Å²) in [4.78, 5) is 24.1. The van der Waals surface area contributed by atoms with Crippen LogP contribution in [0.25, 0.3) is 0 Å². The van der Waals surface area contributed by atoms with Gasteiger partial charge in [-0.15, -0.1) is 0 Å². The van der Waals surface area contributed by atoms with Crippen molar-refractivity contribution in [1.29, 1.82) is 0 Å². The van der Waals surface area contributed by atoms with Gasteiger partial charge in [0.15, 0.2) is 17.7 Å². The van der Waals surface area contributed by atoms with Crippen LogP contribution >= 0.6 is 0 Å². The molecule has 2 aromatic rings. The number of hydrogen-bond acceptors (Lipinski definition) is 4. The summed E-state index contributed by atoms with van der Waals surface area (Å²) in [5, 5.41) is 2.66. The predicted molar refractivity (Wildman–Crippen MR) is 87.6 cm³/mol. The fourth-order valence-corrected chi connectivity index (χ4v) is 2.04. The highest BCUT2D eigenvalue weighted by molar-refractivity contribution is 5.97. The van der Waals surface area contributed by atoms with E-state index in [1.165, 1.54) is 26.2 Å². The number of rotatable bonds is 5. The van der Waals surface area contributed by atoms with Crippen molar-refractivity contribution < 1.29 is 23.5 Å². The second-order valence-corrected chi connectivity index (χ2v) is 5.26. The Hall–Kier alpha value is -2.89. The Morgan fingerprint density at radius 2 is 1.92 bits per heavy atom. The summed E-state index contributed by atoms with van der Waals surface area (Å²) in [5.74, 6) is -1.91. The topological polar surface area (TPSA) is 64.6 Å². The molecule has 1 atom stereocenters. The van der Waals surface area contributed by atoms with E-state index in [1.807, 2.05) is 19.1 Å². The molecule has 5 nitrogen and oxygen atoms in total. The van der Waals surface area contributed by atoms with Gasteiger partial charge < -0.3 is 14.8 Å². The van der Waals surface area contributed by atoms with Crippen molar-refractivity contribution in [2.75, 3.05) is 12.4 Å². The van der Waals surface area contributed by atoms with Crippen LogP contribution in [0.4, 0.5) is 10.1 Å². The molecule has 0 saturated carbocycles. The SMILES string of the molecule is COc1ccc(C(=O)O[C@H](C)C(=O)Nc2cccc(C)c2)cc1F. The van der Waals surface area contributed by atoms with Crippen LogP contribution in [0.2, 0.25) is 0 Å². The molecule has 1 N–H and O–H groups in total. The molecule has 24 heavy (non-hydrogen) atoms. The minimum absolute atomic E-state index is 0.00325. The van der Waals surface area contributed by atoms with E-state index in [1.54, 1.807) is 12.1 Å². The average molecular weight is 331 g/mol. The van der Waals surface area contributed by atoms with Gasteiger partial charge in [-0.2, -0.15) is 0 Å². The predicted octanol–water partition coefficient (Wildman–Crippen LogP) is 3.33. The van der Waals surface area contributed by atoms with Gasteiger partial charge in [-0.3, -0.25) is 4.79 Å². The molecule has 0 radical (unpaired) electrons. The van der Waals surface area contributed by atoms with E-state index in [4.69, 9.17) is 9.47 Å². The molecule has 0 aliphatic carbocycles. The lowest BCUT2D eigenvalue weighted by atomic mass is 10.2. The number of benzene rings is 2. The minimum Gasteiger partial charge on any atom is -0.494 e. The lowest BCUT2D eigenvalue weighted by Gasteiger charge is -2.14. The maximum absolute atomic E-state index is 13.6. The Kier molecular flexibility index (Phi) is 5.52. The van der Waals surface area contributed by atoms with Crippen LogP contribution in [0.15, 0.2) is 42.5 Å². The van der Waals surface area contributed by atoms with Gasteiger partial charge in [0.2, 0.25) is 0 Å². The van der Waals surface area contributed by atoms with E-state index in [-0.39, 0.29) is 11.3 Å². The summed E-state index contributed by atoms with van der Waals surface area (Å²) >= 11 is 0. The third-order valence-corrected chi connectivity index (χ3v) is 3.33. The van der Waals surface area contributed by atoms with E-state index in [2.05, 4.69) is 5.32 Å². The van der Waals surface area contributed by atoms with Crippen molar-refractivity contribution >= 4 is 17.6 Å². The first-order valence-electron chi connectivity index (χ1n) is 7.32. The van der Waals surface area contributed by atoms with E-state index in [0.29, 0.717) is 5.69 Å². The molecule has 0 saturated heterocycles. The van der Waals surface area contributed by atoms with Crippen LogP contribution in [0.3, 0.4) is 0 Å². The molecule has 0 spiro atoms. The fourth-order valence-electron chi connectivity index (χ4n) is 2.04. The average Bonchev–Trinajstić information content (AvgIpc) is 2.54. The standard InChI is InChI=1S/C18H18FNO4/c1-11-5-4-6-14(9-11)20-17(21)12(2)24-18(22)13-7-8-16(23-3)15(19)10-13/h4-10,12H,1-3H3,(H,20,21)/t12-/m1/s1. The zero-order chi connectivity index (χ0) is 17.7. The molecule has 0 heterocycles. The molecule has 2 rings (SSSR count). The summed E-state index contributed by atoms with van der Waals surface area (Å²) in [6, 6.07) is 10.9. The van der Waals surface area contributed by atoms with Crippen molar-refractivity contribution in [2.24, 2.45) is 0 Å². The first-order chi connectivity index (χ1) is 11.4. The minimum atomic E-state index is -1.02. The summed E-state index contributed by atoms with van der Waals surface area (Å²) in [6.45, 7) is 3.35. The smallest absolute Gasteiger partial charge is 0.339 e. The van der Waals surface area contributed by atoms with Gasteiger partial charge in [0.25, 0.3) is 5.91 Å². The van der Waals surface area contributed by atoms with Crippen LogP contribution in [-0.4, -0.2) is 25.1 Å². The van der Waals surface area contributed by atoms with Crippen molar-refractivity contribution in [3.05, 3.63) is 59.4 Å². The van der Waals surface area contributed by atoms with Crippen molar-refractivity contribution in [3.8, 4) is 5.75 Å². The number of halogens is 1. The lowest BCUT2D eigenvalue weighted by Crippen LogP contribution is -2.30. The molecular weight excluding hydrogens is 313 g/mol. The Morgan fingerprint density at radius 3 is 2.54 bits per heavy atom. The second-order valence-electron chi connectivity index (χ2n) is 5.26. The zero-order valence-corrected chi connectivity index (χ0v) is 13.6. The number of methoxy groups -OCH3 is 1. The van der Waals surface area contributed by atoms with Gasteiger partial charge in [0.1, 0.15) is 0 Å². The summed E-state index contributed by atoms with van der Waals surface area (Å²) in [5.41, 5.74) is 1.60. The number of carbonyl (C=O) groups excluding carboxylic acids is 2. The number of hydrogen-bond donors (Lipinski definition) is 1. The fraction of sp³-hybridized carbons (Fsp3) is 0.222. The third-order valence-electron chi connectivity index (χ3n) is 3.33. The largest absolute Gasteiger partial charge is 0.494 e. The van der Waals surface area contributed by atoms with E-state index in [0.717, 1.165) is 11.6 Å². The second kappa shape index (κ2) is 7.59. The Morgan fingerprint density at radius 1 is 1.17 bits per heavy atom. The monoisotopic (exact) mass is 331 g/mol. The lowest BCUT2D eigenvalue weighted by molar-refractivity contribution is -0.123. The van der Waals surface area contributed by atoms with Gasteiger partial charge in [0, 0.05) is 5.69 Å². The maximum Gasteiger partial charge on any atom is 0.339 e. The molecule has 0 bridgehead atoms. The molecule has 126 valence electrons. The van der Waals surface area contributed by atoms with Crippen LogP contribution in [0, 0.1) is 12.7 Å². The number of carbonyl (C=O) groups is 2.